The zero-order valence-corrected chi connectivity index (χ0v) is 15.9. The Bertz CT molecular complexity index is 748. The molecule has 0 amide bonds. The fourth-order valence-corrected chi connectivity index (χ4v) is 5.10. The molecule has 136 valence electrons. The van der Waals surface area contributed by atoms with Crippen LogP contribution in [0.1, 0.15) is 59.2 Å². The van der Waals surface area contributed by atoms with Crippen molar-refractivity contribution < 1.29 is 4.79 Å². The third-order valence-electron chi connectivity index (χ3n) is 6.21. The molecule has 2 aromatic rings. The first-order valence-electron chi connectivity index (χ1n) is 10.0. The van der Waals surface area contributed by atoms with Crippen LogP contribution in [0, 0.1) is 19.8 Å². The Kier molecular flexibility index (Phi) is 4.95. The highest BCUT2D eigenvalue weighted by Crippen LogP contribution is 2.39. The van der Waals surface area contributed by atoms with Crippen LogP contribution < -0.4 is 0 Å². The van der Waals surface area contributed by atoms with Gasteiger partial charge < -0.3 is 0 Å². The fourth-order valence-electron chi connectivity index (χ4n) is 5.10. The van der Waals surface area contributed by atoms with E-state index in [1.54, 1.807) is 0 Å². The minimum absolute atomic E-state index is 0.193. The zero-order chi connectivity index (χ0) is 18.1. The van der Waals surface area contributed by atoms with Gasteiger partial charge in [0.25, 0.3) is 0 Å². The van der Waals surface area contributed by atoms with Gasteiger partial charge in [-0.2, -0.15) is 0 Å². The van der Waals surface area contributed by atoms with Gasteiger partial charge in [-0.15, -0.1) is 0 Å². The molecule has 26 heavy (non-hydrogen) atoms. The second kappa shape index (κ2) is 7.36. The van der Waals surface area contributed by atoms with E-state index in [1.807, 2.05) is 0 Å². The first kappa shape index (κ1) is 17.5. The van der Waals surface area contributed by atoms with E-state index in [0.717, 1.165) is 24.9 Å². The number of hydrogen-bond acceptors (Lipinski definition) is 2. The topological polar surface area (TPSA) is 20.3 Å². The van der Waals surface area contributed by atoms with Crippen molar-refractivity contribution in [1.29, 1.82) is 0 Å². The molecule has 0 radical (unpaired) electrons. The number of carbonyl (C=O) groups is 1. The Morgan fingerprint density at radius 3 is 2.19 bits per heavy atom. The lowest BCUT2D eigenvalue weighted by atomic mass is 9.75. The molecular formula is C24H29NO. The Balaban J connectivity index is 1.51. The maximum Gasteiger partial charge on any atom is 0.166 e. The third kappa shape index (κ3) is 3.61. The summed E-state index contributed by atoms with van der Waals surface area (Å²) in [6.45, 7) is 5.20. The van der Waals surface area contributed by atoms with Crippen LogP contribution in [0.25, 0.3) is 0 Å². The van der Waals surface area contributed by atoms with Crippen molar-refractivity contribution in [1.82, 2.24) is 4.90 Å². The maximum atomic E-state index is 13.2. The molecule has 2 aromatic carbocycles. The van der Waals surface area contributed by atoms with Crippen molar-refractivity contribution in [3.63, 3.8) is 0 Å². The molecule has 2 heteroatoms. The van der Waals surface area contributed by atoms with E-state index in [4.69, 9.17) is 0 Å². The second-order valence-corrected chi connectivity index (χ2v) is 8.31. The van der Waals surface area contributed by atoms with E-state index in [9.17, 15) is 4.79 Å². The first-order valence-corrected chi connectivity index (χ1v) is 10.0. The van der Waals surface area contributed by atoms with Gasteiger partial charge in [0, 0.05) is 30.1 Å². The summed E-state index contributed by atoms with van der Waals surface area (Å²) in [4.78, 5) is 15.9. The molecule has 0 N–H and O–H groups in total. The van der Waals surface area contributed by atoms with Crippen molar-refractivity contribution in [2.45, 2.75) is 64.6 Å². The summed E-state index contributed by atoms with van der Waals surface area (Å²) in [5.74, 6) is 0.562. The molecule has 2 nitrogen and oxygen atoms in total. The van der Waals surface area contributed by atoms with E-state index in [1.165, 1.54) is 36.0 Å². The van der Waals surface area contributed by atoms with Crippen molar-refractivity contribution in [2.75, 3.05) is 0 Å². The number of nitrogens with zero attached hydrogens (tertiary/aromatic N) is 1. The van der Waals surface area contributed by atoms with E-state index in [2.05, 4.69) is 67.3 Å². The van der Waals surface area contributed by atoms with Crippen LogP contribution in [-0.2, 0) is 6.54 Å². The minimum Gasteiger partial charge on any atom is -0.294 e. The predicted octanol–water partition coefficient (Wildman–Crippen LogP) is 5.32. The number of Topliss-reactive ketones (excluding diaryl/α,β-unsaturated/α-hetero) is 1. The molecule has 4 rings (SSSR count). The lowest BCUT2D eigenvalue weighted by Crippen LogP contribution is -2.52. The Morgan fingerprint density at radius 2 is 1.58 bits per heavy atom. The lowest BCUT2D eigenvalue weighted by molar-refractivity contribution is 0.00906. The molecule has 0 aliphatic carbocycles. The number of carbonyl (C=O) groups excluding carboxylic acids is 1. The minimum atomic E-state index is 0.193. The number of ketones is 1. The highest BCUT2D eigenvalue weighted by Gasteiger charge is 2.40. The summed E-state index contributed by atoms with van der Waals surface area (Å²) in [6, 6.07) is 18.2. The van der Waals surface area contributed by atoms with Crippen LogP contribution in [0.15, 0.2) is 48.5 Å². The van der Waals surface area contributed by atoms with Gasteiger partial charge in [0.2, 0.25) is 0 Å². The van der Waals surface area contributed by atoms with Crippen LogP contribution in [-0.4, -0.2) is 22.8 Å². The zero-order valence-electron chi connectivity index (χ0n) is 15.9. The number of hydrogen-bond donors (Lipinski definition) is 0. The van der Waals surface area contributed by atoms with Crippen LogP contribution in [0.5, 0.6) is 0 Å². The standard InChI is InChI=1S/C24H29NO/c1-17-11-18(2)13-20(12-17)24(26)21-14-22-9-6-10-23(15-21)25(22)16-19-7-4-3-5-8-19/h3-5,7-8,11-13,21-23H,6,9-10,14-16H2,1-2H3. The molecule has 2 aliphatic heterocycles. The smallest absolute Gasteiger partial charge is 0.166 e. The van der Waals surface area contributed by atoms with E-state index < -0.39 is 0 Å². The SMILES string of the molecule is Cc1cc(C)cc(C(=O)C2CC3CCCC(C2)N3Cc2ccccc2)c1. The third-order valence-corrected chi connectivity index (χ3v) is 6.21. The van der Waals surface area contributed by atoms with E-state index >= 15 is 0 Å². The number of fused-ring (bicyclic) bond motifs is 2. The Labute approximate surface area is 157 Å². The molecule has 2 aliphatic rings. The number of benzene rings is 2. The molecule has 0 spiro atoms. The quantitative estimate of drug-likeness (QED) is 0.698. The van der Waals surface area contributed by atoms with Crippen molar-refractivity contribution in [3.05, 3.63) is 70.8 Å². The fraction of sp³-hybridized carbons (Fsp3) is 0.458. The van der Waals surface area contributed by atoms with E-state index in [-0.39, 0.29) is 5.92 Å². The predicted molar refractivity (Wildman–Crippen MR) is 106 cm³/mol. The largest absolute Gasteiger partial charge is 0.294 e. The van der Waals surface area contributed by atoms with Gasteiger partial charge in [-0.3, -0.25) is 9.69 Å². The summed E-state index contributed by atoms with van der Waals surface area (Å²) in [5, 5.41) is 0. The van der Waals surface area contributed by atoms with Crippen molar-refractivity contribution in [3.8, 4) is 0 Å². The van der Waals surface area contributed by atoms with E-state index in [0.29, 0.717) is 17.9 Å². The van der Waals surface area contributed by atoms with Crippen molar-refractivity contribution in [2.24, 2.45) is 5.92 Å². The van der Waals surface area contributed by atoms with Crippen LogP contribution in [0.2, 0.25) is 0 Å². The van der Waals surface area contributed by atoms with Crippen LogP contribution >= 0.6 is 0 Å². The van der Waals surface area contributed by atoms with Crippen LogP contribution in [0.3, 0.4) is 0 Å². The molecule has 0 aromatic heterocycles. The monoisotopic (exact) mass is 347 g/mol. The lowest BCUT2D eigenvalue weighted by Gasteiger charge is -2.48. The average Bonchev–Trinajstić information content (AvgIpc) is 2.61. The van der Waals surface area contributed by atoms with Crippen molar-refractivity contribution >= 4 is 5.78 Å². The van der Waals surface area contributed by atoms with Gasteiger partial charge in [0.1, 0.15) is 0 Å². The van der Waals surface area contributed by atoms with Gasteiger partial charge in [0.05, 0.1) is 0 Å². The number of rotatable bonds is 4. The summed E-state index contributed by atoms with van der Waals surface area (Å²) < 4.78 is 0. The Hall–Kier alpha value is -1.93. The highest BCUT2D eigenvalue weighted by atomic mass is 16.1. The summed E-state index contributed by atoms with van der Waals surface area (Å²) in [5.41, 5.74) is 4.69. The summed E-state index contributed by atoms with van der Waals surface area (Å²) in [6.07, 6.45) is 5.83. The van der Waals surface area contributed by atoms with Gasteiger partial charge in [0.15, 0.2) is 5.78 Å². The average molecular weight is 348 g/mol. The molecular weight excluding hydrogens is 318 g/mol. The van der Waals surface area contributed by atoms with Crippen LogP contribution in [0.4, 0.5) is 0 Å². The van der Waals surface area contributed by atoms with Gasteiger partial charge in [-0.05, 0) is 57.2 Å². The molecule has 2 atom stereocenters. The Morgan fingerprint density at radius 1 is 0.962 bits per heavy atom. The summed E-state index contributed by atoms with van der Waals surface area (Å²) >= 11 is 0. The van der Waals surface area contributed by atoms with Gasteiger partial charge in [-0.1, -0.05) is 53.9 Å². The van der Waals surface area contributed by atoms with Gasteiger partial charge >= 0.3 is 0 Å². The maximum absolute atomic E-state index is 13.2. The summed E-state index contributed by atoms with van der Waals surface area (Å²) in [7, 11) is 0. The second-order valence-electron chi connectivity index (χ2n) is 8.31. The molecule has 2 saturated heterocycles. The molecule has 2 unspecified atom stereocenters. The highest BCUT2D eigenvalue weighted by molar-refractivity contribution is 5.98. The molecule has 2 fully saturated rings. The van der Waals surface area contributed by atoms with Gasteiger partial charge in [-0.25, -0.2) is 0 Å². The number of piperidine rings is 2. The first-order chi connectivity index (χ1) is 12.6. The molecule has 2 bridgehead atoms. The normalized spacial score (nSPS) is 25.8. The molecule has 0 saturated carbocycles. The number of aryl methyl sites for hydroxylation is 2. The molecule has 2 heterocycles.